The standard InChI is InChI=1S/C33H36O10/c1-17(2)9-10-23(18(3)4)13-26-30(41-21(7)36)16-31-32(33(26)42-22(8)37)27(38)15-29(43-31)25-12-11-24(39-19(5)34)14-28(25)40-20(6)35/h9,11-12,14,16,23,29H,3,10,13,15H2,1-2,4-8H3/t23-,29+/m1/s1. The van der Waals surface area contributed by atoms with Gasteiger partial charge in [-0.1, -0.05) is 23.8 Å². The smallest absolute Gasteiger partial charge is 0.308 e. The van der Waals surface area contributed by atoms with Crippen LogP contribution >= 0.6 is 0 Å². The minimum absolute atomic E-state index is 0.0199. The molecule has 0 amide bonds. The predicted molar refractivity (Wildman–Crippen MR) is 156 cm³/mol. The molecule has 0 saturated heterocycles. The van der Waals surface area contributed by atoms with Crippen molar-refractivity contribution in [3.63, 3.8) is 0 Å². The molecule has 0 aromatic heterocycles. The van der Waals surface area contributed by atoms with Gasteiger partial charge in [-0.25, -0.2) is 0 Å². The summed E-state index contributed by atoms with van der Waals surface area (Å²) in [6, 6.07) is 5.78. The van der Waals surface area contributed by atoms with Crippen LogP contribution in [0.1, 0.15) is 88.9 Å². The zero-order chi connectivity index (χ0) is 32.0. The number of esters is 4. The van der Waals surface area contributed by atoms with Crippen LogP contribution < -0.4 is 23.7 Å². The SMILES string of the molecule is C=C(C)[C@H](CC=C(C)C)Cc1c(OC(C)=O)cc2c(c1OC(C)=O)C(=O)C[C@@H](c1ccc(OC(C)=O)cc1OC(C)=O)O2. The normalized spacial score (nSPS) is 14.4. The molecule has 2 atom stereocenters. The Morgan fingerprint density at radius 3 is 2.05 bits per heavy atom. The molecule has 10 heteroatoms. The van der Waals surface area contributed by atoms with Crippen molar-refractivity contribution in [2.75, 3.05) is 0 Å². The highest BCUT2D eigenvalue weighted by atomic mass is 16.6. The molecule has 0 fully saturated rings. The number of ketones is 1. The van der Waals surface area contributed by atoms with E-state index in [2.05, 4.69) is 12.7 Å². The molecular formula is C33H36O10. The second kappa shape index (κ2) is 14.0. The van der Waals surface area contributed by atoms with Gasteiger partial charge in [-0.05, 0) is 51.7 Å². The maximum atomic E-state index is 13.8. The number of ether oxygens (including phenoxy) is 5. The summed E-state index contributed by atoms with van der Waals surface area (Å²) in [7, 11) is 0. The van der Waals surface area contributed by atoms with Gasteiger partial charge in [0.05, 0.1) is 6.42 Å². The molecule has 2 aromatic carbocycles. The summed E-state index contributed by atoms with van der Waals surface area (Å²) in [5, 5.41) is 0. The average molecular weight is 593 g/mol. The molecule has 0 saturated carbocycles. The lowest BCUT2D eigenvalue weighted by Crippen LogP contribution is -2.24. The number of carbonyl (C=O) groups excluding carboxylic acids is 5. The van der Waals surface area contributed by atoms with Crippen molar-refractivity contribution in [1.82, 2.24) is 0 Å². The Hall–Kier alpha value is -4.73. The summed E-state index contributed by atoms with van der Waals surface area (Å²) in [6.45, 7) is 14.8. The first kappa shape index (κ1) is 32.8. The predicted octanol–water partition coefficient (Wildman–Crippen LogP) is 6.19. The van der Waals surface area contributed by atoms with Crippen LogP contribution in [0.3, 0.4) is 0 Å². The second-order valence-electron chi connectivity index (χ2n) is 10.6. The fraction of sp³-hybridized carbons (Fsp3) is 0.364. The van der Waals surface area contributed by atoms with Gasteiger partial charge in [0, 0.05) is 51.0 Å². The number of hydrogen-bond donors (Lipinski definition) is 0. The van der Waals surface area contributed by atoms with Crippen LogP contribution in [0.5, 0.6) is 28.7 Å². The van der Waals surface area contributed by atoms with E-state index < -0.39 is 35.8 Å². The molecule has 10 nitrogen and oxygen atoms in total. The third kappa shape index (κ3) is 8.64. The molecular weight excluding hydrogens is 556 g/mol. The Kier molecular flexibility index (Phi) is 10.6. The third-order valence-electron chi connectivity index (χ3n) is 6.53. The number of rotatable bonds is 10. The lowest BCUT2D eigenvalue weighted by molar-refractivity contribution is -0.133. The number of Topliss-reactive ketones (excluding diaryl/α,β-unsaturated/α-hetero) is 1. The zero-order valence-corrected chi connectivity index (χ0v) is 25.5. The van der Waals surface area contributed by atoms with Gasteiger partial charge >= 0.3 is 23.9 Å². The Bertz CT molecular complexity index is 1510. The van der Waals surface area contributed by atoms with Crippen LogP contribution in [0, 0.1) is 5.92 Å². The molecule has 3 rings (SSSR count). The number of allylic oxidation sites excluding steroid dienone is 3. The van der Waals surface area contributed by atoms with Gasteiger partial charge in [0.2, 0.25) is 0 Å². The van der Waals surface area contributed by atoms with E-state index in [0.29, 0.717) is 17.5 Å². The quantitative estimate of drug-likeness (QED) is 0.179. The van der Waals surface area contributed by atoms with E-state index in [1.54, 1.807) is 0 Å². The molecule has 0 N–H and O–H groups in total. The van der Waals surface area contributed by atoms with Crippen LogP contribution in [-0.4, -0.2) is 29.7 Å². The number of carbonyl (C=O) groups is 5. The van der Waals surface area contributed by atoms with Gasteiger partial charge in [-0.3, -0.25) is 24.0 Å². The highest BCUT2D eigenvalue weighted by molar-refractivity contribution is 6.04. The molecule has 1 aliphatic heterocycles. The van der Waals surface area contributed by atoms with E-state index in [4.69, 9.17) is 23.7 Å². The highest BCUT2D eigenvalue weighted by Crippen LogP contribution is 2.48. The lowest BCUT2D eigenvalue weighted by Gasteiger charge is -2.30. The summed E-state index contributed by atoms with van der Waals surface area (Å²) >= 11 is 0. The zero-order valence-electron chi connectivity index (χ0n) is 25.5. The molecule has 0 bridgehead atoms. The maximum Gasteiger partial charge on any atom is 0.308 e. The van der Waals surface area contributed by atoms with Crippen LogP contribution in [0.15, 0.2) is 48.1 Å². The van der Waals surface area contributed by atoms with E-state index in [1.165, 1.54) is 52.0 Å². The summed E-state index contributed by atoms with van der Waals surface area (Å²) < 4.78 is 27.9. The minimum atomic E-state index is -0.942. The molecule has 1 aliphatic rings. The number of benzene rings is 2. The Labute approximate surface area is 250 Å². The topological polar surface area (TPSA) is 132 Å². The van der Waals surface area contributed by atoms with Gasteiger partial charge in [-0.15, -0.1) is 0 Å². The molecule has 2 aromatic rings. The van der Waals surface area contributed by atoms with E-state index >= 15 is 0 Å². The second-order valence-corrected chi connectivity index (χ2v) is 10.6. The first-order chi connectivity index (χ1) is 20.2. The van der Waals surface area contributed by atoms with Gasteiger partial charge in [0.15, 0.2) is 11.5 Å². The van der Waals surface area contributed by atoms with Crippen LogP contribution in [0.25, 0.3) is 0 Å². The maximum absolute atomic E-state index is 13.8. The van der Waals surface area contributed by atoms with E-state index in [-0.39, 0.29) is 53.1 Å². The summed E-state index contributed by atoms with van der Waals surface area (Å²) in [4.78, 5) is 61.5. The Balaban J connectivity index is 2.19. The number of fused-ring (bicyclic) bond motifs is 1. The van der Waals surface area contributed by atoms with Gasteiger partial charge < -0.3 is 23.7 Å². The van der Waals surface area contributed by atoms with Crippen molar-refractivity contribution in [3.05, 3.63) is 64.8 Å². The molecule has 0 spiro atoms. The summed E-state index contributed by atoms with van der Waals surface area (Å²) in [5.74, 6) is -2.81. The molecule has 0 radical (unpaired) electrons. The van der Waals surface area contributed by atoms with Crippen LogP contribution in [0.4, 0.5) is 0 Å². The number of hydrogen-bond acceptors (Lipinski definition) is 10. The van der Waals surface area contributed by atoms with Crippen LogP contribution in [0.2, 0.25) is 0 Å². The Morgan fingerprint density at radius 2 is 1.49 bits per heavy atom. The molecule has 0 unspecified atom stereocenters. The van der Waals surface area contributed by atoms with Gasteiger partial charge in [0.1, 0.15) is 34.7 Å². The molecule has 0 aliphatic carbocycles. The lowest BCUT2D eigenvalue weighted by atomic mass is 9.86. The highest BCUT2D eigenvalue weighted by Gasteiger charge is 2.36. The van der Waals surface area contributed by atoms with Gasteiger partial charge in [-0.2, -0.15) is 0 Å². The fourth-order valence-corrected chi connectivity index (χ4v) is 4.68. The van der Waals surface area contributed by atoms with Crippen molar-refractivity contribution in [1.29, 1.82) is 0 Å². The van der Waals surface area contributed by atoms with Crippen molar-refractivity contribution in [2.45, 2.75) is 73.8 Å². The van der Waals surface area contributed by atoms with E-state index in [1.807, 2.05) is 20.8 Å². The van der Waals surface area contributed by atoms with Crippen molar-refractivity contribution >= 4 is 29.7 Å². The molecule has 228 valence electrons. The van der Waals surface area contributed by atoms with Crippen LogP contribution in [-0.2, 0) is 25.6 Å². The van der Waals surface area contributed by atoms with Crippen molar-refractivity contribution in [2.24, 2.45) is 5.92 Å². The monoisotopic (exact) mass is 592 g/mol. The molecule has 43 heavy (non-hydrogen) atoms. The Morgan fingerprint density at radius 1 is 0.884 bits per heavy atom. The average Bonchev–Trinajstić information content (AvgIpc) is 2.85. The van der Waals surface area contributed by atoms with E-state index in [9.17, 15) is 24.0 Å². The molecule has 1 heterocycles. The minimum Gasteiger partial charge on any atom is -0.484 e. The van der Waals surface area contributed by atoms with E-state index in [0.717, 1.165) is 11.1 Å². The first-order valence-corrected chi connectivity index (χ1v) is 13.7. The largest absolute Gasteiger partial charge is 0.484 e. The summed E-state index contributed by atoms with van der Waals surface area (Å²) in [6.07, 6.45) is 1.81. The fourth-order valence-electron chi connectivity index (χ4n) is 4.68. The van der Waals surface area contributed by atoms with Gasteiger partial charge in [0.25, 0.3) is 0 Å². The first-order valence-electron chi connectivity index (χ1n) is 13.7. The van der Waals surface area contributed by atoms with Crippen molar-refractivity contribution in [3.8, 4) is 28.7 Å². The van der Waals surface area contributed by atoms with Crippen molar-refractivity contribution < 1.29 is 47.7 Å². The summed E-state index contributed by atoms with van der Waals surface area (Å²) in [5.41, 5.74) is 2.70. The third-order valence-corrected chi connectivity index (χ3v) is 6.53.